The summed E-state index contributed by atoms with van der Waals surface area (Å²) in [6, 6.07) is 0. The van der Waals surface area contributed by atoms with Crippen molar-refractivity contribution in [3.8, 4) is 0 Å². The highest BCUT2D eigenvalue weighted by Gasteiger charge is 2.15. The number of nitrogens with zero attached hydrogens (tertiary/aromatic N) is 1. The molecule has 1 aromatic heterocycles. The van der Waals surface area contributed by atoms with Gasteiger partial charge in [0, 0.05) is 0 Å². The fourth-order valence-corrected chi connectivity index (χ4v) is 1.83. The molecule has 0 aromatic carbocycles. The first-order valence-electron chi connectivity index (χ1n) is 3.88. The smallest absolute Gasteiger partial charge is 0.347 e. The van der Waals surface area contributed by atoms with E-state index in [1.54, 1.807) is 0 Å². The SMILES string of the molecule is CCc1nc(NC(=N)N)sc1C(=O)O. The van der Waals surface area contributed by atoms with Gasteiger partial charge in [0.2, 0.25) is 0 Å². The molecular weight excluding hydrogens is 204 g/mol. The third kappa shape index (κ3) is 2.19. The van der Waals surface area contributed by atoms with Gasteiger partial charge in [0.1, 0.15) is 4.88 Å². The van der Waals surface area contributed by atoms with Crippen molar-refractivity contribution >= 4 is 28.4 Å². The van der Waals surface area contributed by atoms with Crippen LogP contribution >= 0.6 is 11.3 Å². The number of hydrogen-bond acceptors (Lipinski definition) is 4. The van der Waals surface area contributed by atoms with Crippen molar-refractivity contribution in [2.45, 2.75) is 13.3 Å². The van der Waals surface area contributed by atoms with Crippen molar-refractivity contribution in [1.82, 2.24) is 4.98 Å². The summed E-state index contributed by atoms with van der Waals surface area (Å²) in [5.41, 5.74) is 5.60. The lowest BCUT2D eigenvalue weighted by atomic mass is 10.3. The molecule has 0 atom stereocenters. The molecule has 1 rings (SSSR count). The second kappa shape index (κ2) is 4.05. The highest BCUT2D eigenvalue weighted by Crippen LogP contribution is 2.23. The van der Waals surface area contributed by atoms with E-state index in [2.05, 4.69) is 10.3 Å². The zero-order valence-corrected chi connectivity index (χ0v) is 8.31. The number of nitrogens with two attached hydrogens (primary N) is 1. The maximum absolute atomic E-state index is 10.7. The van der Waals surface area contributed by atoms with Gasteiger partial charge in [-0.1, -0.05) is 18.3 Å². The van der Waals surface area contributed by atoms with Gasteiger partial charge in [-0.2, -0.15) is 0 Å². The summed E-state index contributed by atoms with van der Waals surface area (Å²) in [5.74, 6) is -1.26. The van der Waals surface area contributed by atoms with Gasteiger partial charge in [-0.25, -0.2) is 9.78 Å². The Morgan fingerprint density at radius 3 is 2.79 bits per heavy atom. The molecule has 0 saturated carbocycles. The first kappa shape index (κ1) is 10.5. The van der Waals surface area contributed by atoms with E-state index in [-0.39, 0.29) is 10.8 Å². The number of aromatic carboxylic acids is 1. The molecule has 6 nitrogen and oxygen atoms in total. The molecule has 0 aliphatic rings. The van der Waals surface area contributed by atoms with Gasteiger partial charge in [0.25, 0.3) is 0 Å². The molecule has 0 bridgehead atoms. The average molecular weight is 214 g/mol. The molecule has 0 radical (unpaired) electrons. The number of carboxylic acid groups (broad SMARTS) is 1. The minimum Gasteiger partial charge on any atom is -0.477 e. The van der Waals surface area contributed by atoms with E-state index in [4.69, 9.17) is 16.2 Å². The number of rotatable bonds is 3. The van der Waals surface area contributed by atoms with Crippen LogP contribution in [0.15, 0.2) is 0 Å². The van der Waals surface area contributed by atoms with Crippen LogP contribution in [-0.2, 0) is 6.42 Å². The molecule has 7 heteroatoms. The van der Waals surface area contributed by atoms with Crippen molar-refractivity contribution in [2.24, 2.45) is 5.73 Å². The van der Waals surface area contributed by atoms with Crippen molar-refractivity contribution in [3.63, 3.8) is 0 Å². The van der Waals surface area contributed by atoms with Crippen molar-refractivity contribution < 1.29 is 9.90 Å². The number of carboxylic acids is 1. The molecule has 0 unspecified atom stereocenters. The second-order valence-electron chi connectivity index (χ2n) is 2.49. The summed E-state index contributed by atoms with van der Waals surface area (Å²) < 4.78 is 0. The van der Waals surface area contributed by atoms with Crippen LogP contribution in [0.1, 0.15) is 22.3 Å². The number of nitrogens with one attached hydrogen (secondary N) is 2. The van der Waals surface area contributed by atoms with Gasteiger partial charge in [0.05, 0.1) is 5.69 Å². The van der Waals surface area contributed by atoms with E-state index in [1.807, 2.05) is 6.92 Å². The molecule has 76 valence electrons. The average Bonchev–Trinajstić information content (AvgIpc) is 2.46. The first-order chi connectivity index (χ1) is 6.54. The highest BCUT2D eigenvalue weighted by molar-refractivity contribution is 7.17. The van der Waals surface area contributed by atoms with Gasteiger partial charge in [-0.05, 0) is 6.42 Å². The van der Waals surface area contributed by atoms with Gasteiger partial charge >= 0.3 is 5.97 Å². The Bertz CT molecular complexity index is 374. The first-order valence-corrected chi connectivity index (χ1v) is 4.70. The van der Waals surface area contributed by atoms with Gasteiger partial charge in [-0.3, -0.25) is 5.41 Å². The van der Waals surface area contributed by atoms with Gasteiger partial charge in [0.15, 0.2) is 11.1 Å². The number of hydrogen-bond donors (Lipinski definition) is 4. The molecule has 0 aliphatic carbocycles. The summed E-state index contributed by atoms with van der Waals surface area (Å²) in [5, 5.41) is 18.6. The highest BCUT2D eigenvalue weighted by atomic mass is 32.1. The minimum atomic E-state index is -1.00. The number of carbonyl (C=O) groups is 1. The molecule has 1 heterocycles. The third-order valence-corrected chi connectivity index (χ3v) is 2.47. The third-order valence-electron chi connectivity index (χ3n) is 1.47. The Labute approximate surface area is 84.3 Å². The summed E-state index contributed by atoms with van der Waals surface area (Å²) >= 11 is 0.978. The van der Waals surface area contributed by atoms with Crippen molar-refractivity contribution in [1.29, 1.82) is 5.41 Å². The predicted octanol–water partition coefficient (Wildman–Crippen LogP) is 0.709. The van der Waals surface area contributed by atoms with Crippen LogP contribution in [0.4, 0.5) is 5.13 Å². The van der Waals surface area contributed by atoms with E-state index < -0.39 is 5.97 Å². The van der Waals surface area contributed by atoms with E-state index in [9.17, 15) is 4.79 Å². The lowest BCUT2D eigenvalue weighted by molar-refractivity contribution is 0.0701. The Morgan fingerprint density at radius 1 is 1.79 bits per heavy atom. The number of thiazole rings is 1. The molecular formula is C7H10N4O2S. The van der Waals surface area contributed by atoms with Crippen molar-refractivity contribution in [3.05, 3.63) is 10.6 Å². The molecule has 14 heavy (non-hydrogen) atoms. The minimum absolute atomic E-state index is 0.191. The normalized spacial score (nSPS) is 9.79. The summed E-state index contributed by atoms with van der Waals surface area (Å²) in [4.78, 5) is 14.9. The van der Waals surface area contributed by atoms with Crippen LogP contribution in [-0.4, -0.2) is 22.0 Å². The molecule has 0 amide bonds. The maximum atomic E-state index is 10.7. The molecule has 1 aromatic rings. The van der Waals surface area contributed by atoms with E-state index in [1.165, 1.54) is 0 Å². The topological polar surface area (TPSA) is 112 Å². The van der Waals surface area contributed by atoms with Crippen LogP contribution in [0.5, 0.6) is 0 Å². The maximum Gasteiger partial charge on any atom is 0.347 e. The van der Waals surface area contributed by atoms with E-state index in [0.29, 0.717) is 17.2 Å². The lowest BCUT2D eigenvalue weighted by Gasteiger charge is -1.95. The molecule has 0 saturated heterocycles. The van der Waals surface area contributed by atoms with Crippen LogP contribution in [0, 0.1) is 5.41 Å². The predicted molar refractivity (Wildman–Crippen MR) is 54.0 cm³/mol. The zero-order valence-electron chi connectivity index (χ0n) is 7.50. The standard InChI is InChI=1S/C7H10N4O2S/c1-2-3-4(5(12)13)14-7(10-3)11-6(8)9/h2H2,1H3,(H,12,13)(H4,8,9,10,11). The summed E-state index contributed by atoms with van der Waals surface area (Å²) in [6.45, 7) is 1.82. The molecule has 5 N–H and O–H groups in total. The Balaban J connectivity index is 3.00. The van der Waals surface area contributed by atoms with E-state index in [0.717, 1.165) is 11.3 Å². The van der Waals surface area contributed by atoms with Crippen LogP contribution in [0.3, 0.4) is 0 Å². The van der Waals surface area contributed by atoms with Crippen LogP contribution < -0.4 is 11.1 Å². The van der Waals surface area contributed by atoms with E-state index >= 15 is 0 Å². The van der Waals surface area contributed by atoms with Crippen LogP contribution in [0.2, 0.25) is 0 Å². The Hall–Kier alpha value is -1.63. The Morgan fingerprint density at radius 2 is 2.43 bits per heavy atom. The largest absolute Gasteiger partial charge is 0.477 e. The van der Waals surface area contributed by atoms with Crippen molar-refractivity contribution in [2.75, 3.05) is 5.32 Å². The lowest BCUT2D eigenvalue weighted by Crippen LogP contribution is -2.20. The zero-order chi connectivity index (χ0) is 10.7. The molecule has 0 fully saturated rings. The van der Waals surface area contributed by atoms with Gasteiger partial charge in [-0.15, -0.1) is 0 Å². The molecule has 0 aliphatic heterocycles. The summed E-state index contributed by atoms with van der Waals surface area (Å²) in [7, 11) is 0. The number of anilines is 1. The summed E-state index contributed by atoms with van der Waals surface area (Å²) in [6.07, 6.45) is 0.539. The molecule has 0 spiro atoms. The van der Waals surface area contributed by atoms with Crippen LogP contribution in [0.25, 0.3) is 0 Å². The second-order valence-corrected chi connectivity index (χ2v) is 3.49. The fraction of sp³-hybridized carbons (Fsp3) is 0.286. The Kier molecular flexibility index (Phi) is 3.03. The number of aryl methyl sites for hydroxylation is 1. The number of aromatic nitrogens is 1. The monoisotopic (exact) mass is 214 g/mol. The fourth-order valence-electron chi connectivity index (χ4n) is 0.927. The number of guanidine groups is 1. The quantitative estimate of drug-likeness (QED) is 0.437. The van der Waals surface area contributed by atoms with Gasteiger partial charge < -0.3 is 16.2 Å².